The van der Waals surface area contributed by atoms with Crippen molar-refractivity contribution in [2.75, 3.05) is 11.9 Å². The lowest BCUT2D eigenvalue weighted by atomic mass is 10.0. The molecule has 5 nitrogen and oxygen atoms in total. The van der Waals surface area contributed by atoms with E-state index in [4.69, 9.17) is 5.73 Å². The van der Waals surface area contributed by atoms with Crippen molar-refractivity contribution in [1.29, 1.82) is 0 Å². The number of carbonyl (C=O) groups excluding carboxylic acids is 1. The van der Waals surface area contributed by atoms with Gasteiger partial charge in [0.25, 0.3) is 5.91 Å². The molecule has 0 spiro atoms. The van der Waals surface area contributed by atoms with Crippen LogP contribution in [0.1, 0.15) is 29.9 Å². The number of primary amides is 1. The van der Waals surface area contributed by atoms with E-state index in [1.54, 1.807) is 13.8 Å². The predicted molar refractivity (Wildman–Crippen MR) is 67.1 cm³/mol. The molecule has 1 rings (SSSR count). The normalized spacial score (nSPS) is 13.3. The van der Waals surface area contributed by atoms with E-state index in [2.05, 4.69) is 10.3 Å². The number of pyridine rings is 1. The Morgan fingerprint density at radius 1 is 1.45 bits per heavy atom. The second kappa shape index (κ2) is 6.08. The number of aliphatic hydroxyl groups is 1. The zero-order valence-electron chi connectivity index (χ0n) is 11.0. The minimum absolute atomic E-state index is 0.0722. The highest BCUT2D eigenvalue weighted by atomic mass is 19.4. The van der Waals surface area contributed by atoms with Gasteiger partial charge in [-0.25, -0.2) is 4.98 Å². The van der Waals surface area contributed by atoms with Crippen molar-refractivity contribution in [3.05, 3.63) is 23.4 Å². The van der Waals surface area contributed by atoms with Gasteiger partial charge in [-0.1, -0.05) is 13.8 Å². The SMILES string of the molecule is CC(C)[C@@H](CO)Nc1nc(C(F)(F)F)ccc1C(N)=O. The summed E-state index contributed by atoms with van der Waals surface area (Å²) in [4.78, 5) is 14.6. The first-order valence-corrected chi connectivity index (χ1v) is 5.92. The van der Waals surface area contributed by atoms with Crippen LogP contribution in [0.2, 0.25) is 0 Å². The van der Waals surface area contributed by atoms with Crippen LogP contribution in [0.15, 0.2) is 12.1 Å². The monoisotopic (exact) mass is 291 g/mol. The number of rotatable bonds is 5. The number of aromatic nitrogens is 1. The molecule has 0 aromatic carbocycles. The number of alkyl halides is 3. The number of nitrogens with zero attached hydrogens (tertiary/aromatic N) is 1. The van der Waals surface area contributed by atoms with Gasteiger partial charge in [0.05, 0.1) is 18.2 Å². The average Bonchev–Trinajstić information content (AvgIpc) is 2.33. The molecule has 1 atom stereocenters. The van der Waals surface area contributed by atoms with E-state index < -0.39 is 23.8 Å². The van der Waals surface area contributed by atoms with Crippen molar-refractivity contribution in [3.63, 3.8) is 0 Å². The fourth-order valence-corrected chi connectivity index (χ4v) is 1.52. The molecule has 1 heterocycles. The van der Waals surface area contributed by atoms with E-state index in [1.807, 2.05) is 0 Å². The first kappa shape index (κ1) is 16.2. The summed E-state index contributed by atoms with van der Waals surface area (Å²) in [6, 6.07) is 1.12. The number of nitrogens with two attached hydrogens (primary N) is 1. The second-order valence-corrected chi connectivity index (χ2v) is 4.63. The Labute approximate surface area is 114 Å². The minimum atomic E-state index is -4.63. The summed E-state index contributed by atoms with van der Waals surface area (Å²) in [5, 5.41) is 11.8. The van der Waals surface area contributed by atoms with Crippen LogP contribution in [-0.4, -0.2) is 28.6 Å². The van der Waals surface area contributed by atoms with Crippen LogP contribution in [0.5, 0.6) is 0 Å². The zero-order chi connectivity index (χ0) is 15.5. The molecule has 0 fully saturated rings. The summed E-state index contributed by atoms with van der Waals surface area (Å²) in [6.07, 6.45) is -4.63. The predicted octanol–water partition coefficient (Wildman–Crippen LogP) is 1.63. The van der Waals surface area contributed by atoms with Crippen molar-refractivity contribution in [2.24, 2.45) is 11.7 Å². The van der Waals surface area contributed by atoms with E-state index in [9.17, 15) is 23.1 Å². The van der Waals surface area contributed by atoms with Gasteiger partial charge in [0.2, 0.25) is 0 Å². The molecule has 0 radical (unpaired) electrons. The van der Waals surface area contributed by atoms with Gasteiger partial charge in [0.15, 0.2) is 0 Å². The number of hydrogen-bond donors (Lipinski definition) is 3. The lowest BCUT2D eigenvalue weighted by molar-refractivity contribution is -0.141. The molecule has 0 aliphatic heterocycles. The van der Waals surface area contributed by atoms with Crippen LogP contribution in [0.4, 0.5) is 19.0 Å². The number of anilines is 1. The zero-order valence-corrected chi connectivity index (χ0v) is 11.0. The van der Waals surface area contributed by atoms with Gasteiger partial charge in [0, 0.05) is 0 Å². The van der Waals surface area contributed by atoms with Gasteiger partial charge in [-0.15, -0.1) is 0 Å². The lowest BCUT2D eigenvalue weighted by Crippen LogP contribution is -2.31. The molecule has 1 aromatic heterocycles. The van der Waals surface area contributed by atoms with Crippen molar-refractivity contribution in [1.82, 2.24) is 4.98 Å². The Morgan fingerprint density at radius 2 is 2.05 bits per heavy atom. The smallest absolute Gasteiger partial charge is 0.394 e. The van der Waals surface area contributed by atoms with Crippen LogP contribution in [-0.2, 0) is 6.18 Å². The minimum Gasteiger partial charge on any atom is -0.394 e. The molecule has 0 saturated heterocycles. The van der Waals surface area contributed by atoms with Gasteiger partial charge in [-0.3, -0.25) is 4.79 Å². The average molecular weight is 291 g/mol. The van der Waals surface area contributed by atoms with Gasteiger partial charge in [0.1, 0.15) is 11.5 Å². The molecule has 20 heavy (non-hydrogen) atoms. The van der Waals surface area contributed by atoms with Crippen molar-refractivity contribution in [2.45, 2.75) is 26.1 Å². The van der Waals surface area contributed by atoms with Crippen LogP contribution >= 0.6 is 0 Å². The molecule has 8 heteroatoms. The molecule has 112 valence electrons. The molecular weight excluding hydrogens is 275 g/mol. The summed E-state index contributed by atoms with van der Waals surface area (Å²) in [7, 11) is 0. The fourth-order valence-electron chi connectivity index (χ4n) is 1.52. The number of nitrogens with one attached hydrogen (secondary N) is 1. The standard InChI is InChI=1S/C12H16F3N3O2/c1-6(2)8(5-19)17-11-7(10(16)20)3-4-9(18-11)12(13,14)15/h3-4,6,8,19H,5H2,1-2H3,(H2,16,20)(H,17,18)/t8-/m1/s1. The molecule has 0 aliphatic carbocycles. The molecule has 0 bridgehead atoms. The van der Waals surface area contributed by atoms with Gasteiger partial charge < -0.3 is 16.2 Å². The molecule has 0 aliphatic rings. The number of carbonyl (C=O) groups is 1. The summed E-state index contributed by atoms with van der Waals surface area (Å²) in [5.74, 6) is -1.24. The number of halogens is 3. The second-order valence-electron chi connectivity index (χ2n) is 4.63. The maximum atomic E-state index is 12.6. The van der Waals surface area contributed by atoms with Crippen molar-refractivity contribution < 1.29 is 23.1 Å². The summed E-state index contributed by atoms with van der Waals surface area (Å²) >= 11 is 0. The molecule has 0 saturated carbocycles. The van der Waals surface area contributed by atoms with Gasteiger partial charge >= 0.3 is 6.18 Å². The number of aliphatic hydroxyl groups excluding tert-OH is 1. The highest BCUT2D eigenvalue weighted by Crippen LogP contribution is 2.29. The maximum Gasteiger partial charge on any atom is 0.433 e. The van der Waals surface area contributed by atoms with Crippen LogP contribution in [0.25, 0.3) is 0 Å². The third-order valence-electron chi connectivity index (χ3n) is 2.77. The van der Waals surface area contributed by atoms with Crippen molar-refractivity contribution >= 4 is 11.7 Å². The summed E-state index contributed by atoms with van der Waals surface area (Å²) in [5.41, 5.74) is 3.81. The Morgan fingerprint density at radius 3 is 2.45 bits per heavy atom. The molecule has 0 unspecified atom stereocenters. The molecule has 4 N–H and O–H groups in total. The molecule has 1 aromatic rings. The Hall–Kier alpha value is -1.83. The van der Waals surface area contributed by atoms with E-state index in [-0.39, 0.29) is 23.9 Å². The summed E-state index contributed by atoms with van der Waals surface area (Å²) in [6.45, 7) is 3.23. The lowest BCUT2D eigenvalue weighted by Gasteiger charge is -2.22. The van der Waals surface area contributed by atoms with Gasteiger partial charge in [-0.2, -0.15) is 13.2 Å². The number of amides is 1. The highest BCUT2D eigenvalue weighted by Gasteiger charge is 2.33. The first-order chi connectivity index (χ1) is 9.16. The molecular formula is C12H16F3N3O2. The maximum absolute atomic E-state index is 12.6. The van der Waals surface area contributed by atoms with E-state index in [0.717, 1.165) is 6.07 Å². The van der Waals surface area contributed by atoms with Crippen LogP contribution in [0, 0.1) is 5.92 Å². The number of hydrogen-bond acceptors (Lipinski definition) is 4. The highest BCUT2D eigenvalue weighted by molar-refractivity contribution is 5.97. The van der Waals surface area contributed by atoms with Crippen LogP contribution < -0.4 is 11.1 Å². The van der Waals surface area contributed by atoms with E-state index in [0.29, 0.717) is 6.07 Å². The summed E-state index contributed by atoms with van der Waals surface area (Å²) < 4.78 is 37.9. The Bertz CT molecular complexity index is 489. The van der Waals surface area contributed by atoms with Crippen LogP contribution in [0.3, 0.4) is 0 Å². The Balaban J connectivity index is 3.22. The third kappa shape index (κ3) is 3.83. The van der Waals surface area contributed by atoms with E-state index in [1.165, 1.54) is 0 Å². The molecule has 1 amide bonds. The quantitative estimate of drug-likeness (QED) is 0.769. The third-order valence-corrected chi connectivity index (χ3v) is 2.77. The van der Waals surface area contributed by atoms with E-state index >= 15 is 0 Å². The first-order valence-electron chi connectivity index (χ1n) is 5.92. The Kier molecular flexibility index (Phi) is 4.93. The largest absolute Gasteiger partial charge is 0.433 e. The van der Waals surface area contributed by atoms with Crippen molar-refractivity contribution in [3.8, 4) is 0 Å². The fraction of sp³-hybridized carbons (Fsp3) is 0.500. The topological polar surface area (TPSA) is 88.2 Å². The van der Waals surface area contributed by atoms with Gasteiger partial charge in [-0.05, 0) is 18.1 Å².